The lowest BCUT2D eigenvalue weighted by atomic mass is 9.95. The molecule has 0 atom stereocenters. The van der Waals surface area contributed by atoms with Gasteiger partial charge in [-0.3, -0.25) is 4.79 Å². The number of hydrogen-bond acceptors (Lipinski definition) is 2. The van der Waals surface area contributed by atoms with Crippen molar-refractivity contribution in [3.8, 4) is 0 Å². The largest absolute Gasteiger partial charge is 0.417 e. The van der Waals surface area contributed by atoms with Gasteiger partial charge < -0.3 is 4.43 Å². The Morgan fingerprint density at radius 1 is 1.28 bits per heavy atom. The molecule has 0 heterocycles. The molecule has 0 aromatic rings. The third-order valence-electron chi connectivity index (χ3n) is 4.20. The lowest BCUT2D eigenvalue weighted by Gasteiger charge is -2.36. The number of rotatable bonds is 5. The van der Waals surface area contributed by atoms with Gasteiger partial charge in [0.15, 0.2) is 14.1 Å². The van der Waals surface area contributed by atoms with Crippen molar-refractivity contribution in [2.75, 3.05) is 6.61 Å². The van der Waals surface area contributed by atoms with Crippen molar-refractivity contribution >= 4 is 14.1 Å². The van der Waals surface area contributed by atoms with Crippen LogP contribution < -0.4 is 0 Å². The molecule has 0 unspecified atom stereocenters. The molecule has 104 valence electrons. The van der Waals surface area contributed by atoms with Crippen molar-refractivity contribution < 1.29 is 9.22 Å². The lowest BCUT2D eigenvalue weighted by Crippen LogP contribution is -2.40. The van der Waals surface area contributed by atoms with Crippen LogP contribution in [0.1, 0.15) is 52.9 Å². The maximum atomic E-state index is 11.3. The summed E-state index contributed by atoms with van der Waals surface area (Å²) in [6, 6.07) is 0. The molecule has 2 nitrogen and oxygen atoms in total. The number of ketones is 1. The van der Waals surface area contributed by atoms with Crippen LogP contribution in [0.3, 0.4) is 0 Å². The van der Waals surface area contributed by atoms with Crippen molar-refractivity contribution in [1.82, 2.24) is 0 Å². The number of carbonyl (C=O) groups excluding carboxylic acids is 1. The Kier molecular flexibility index (Phi) is 5.35. The van der Waals surface area contributed by atoms with Crippen molar-refractivity contribution in [2.24, 2.45) is 0 Å². The molecule has 1 aliphatic carbocycles. The number of allylic oxidation sites excluding steroid dienone is 2. The molecular weight excluding hydrogens is 240 g/mol. The second-order valence-electron chi connectivity index (χ2n) is 6.83. The fourth-order valence-corrected chi connectivity index (χ4v) is 2.99. The minimum Gasteiger partial charge on any atom is -0.417 e. The molecule has 0 aliphatic heterocycles. The summed E-state index contributed by atoms with van der Waals surface area (Å²) in [6.45, 7) is 12.2. The molecule has 0 saturated carbocycles. The SMILES string of the molecule is CC(C)(C)[Si](C)(C)OCCCC1=CC(=O)CCC1. The summed E-state index contributed by atoms with van der Waals surface area (Å²) in [5.74, 6) is 0.307. The monoisotopic (exact) mass is 268 g/mol. The van der Waals surface area contributed by atoms with Crippen LogP contribution in [0.5, 0.6) is 0 Å². The van der Waals surface area contributed by atoms with E-state index in [2.05, 4.69) is 33.9 Å². The van der Waals surface area contributed by atoms with Crippen LogP contribution in [0.4, 0.5) is 0 Å². The van der Waals surface area contributed by atoms with Crippen LogP contribution in [-0.2, 0) is 9.22 Å². The Labute approximate surface area is 113 Å². The van der Waals surface area contributed by atoms with E-state index in [0.717, 1.165) is 38.7 Å². The van der Waals surface area contributed by atoms with Crippen molar-refractivity contribution in [3.05, 3.63) is 11.6 Å². The summed E-state index contributed by atoms with van der Waals surface area (Å²) in [5, 5.41) is 0.285. The normalized spacial score (nSPS) is 17.8. The third-order valence-corrected chi connectivity index (χ3v) is 8.74. The van der Waals surface area contributed by atoms with Crippen LogP contribution in [0.25, 0.3) is 0 Å². The van der Waals surface area contributed by atoms with E-state index in [1.807, 2.05) is 6.08 Å². The summed E-state index contributed by atoms with van der Waals surface area (Å²) in [5.41, 5.74) is 1.32. The topological polar surface area (TPSA) is 26.3 Å². The fourth-order valence-electron chi connectivity index (χ4n) is 1.90. The Morgan fingerprint density at radius 3 is 2.50 bits per heavy atom. The van der Waals surface area contributed by atoms with Gasteiger partial charge in [-0.15, -0.1) is 0 Å². The molecule has 0 saturated heterocycles. The maximum absolute atomic E-state index is 11.3. The lowest BCUT2D eigenvalue weighted by molar-refractivity contribution is -0.115. The second-order valence-corrected chi connectivity index (χ2v) is 11.6. The molecular formula is C15H28O2Si. The summed E-state index contributed by atoms with van der Waals surface area (Å²) in [7, 11) is -1.59. The first kappa shape index (κ1) is 15.6. The average Bonchev–Trinajstić information content (AvgIpc) is 2.23. The molecule has 1 aliphatic rings. The zero-order valence-corrected chi connectivity index (χ0v) is 13.6. The summed E-state index contributed by atoms with van der Waals surface area (Å²) in [6.07, 6.45) is 6.81. The van der Waals surface area contributed by atoms with Crippen LogP contribution in [0, 0.1) is 0 Å². The maximum Gasteiger partial charge on any atom is 0.191 e. The van der Waals surface area contributed by atoms with Gasteiger partial charge in [-0.05, 0) is 49.9 Å². The van der Waals surface area contributed by atoms with Gasteiger partial charge in [0, 0.05) is 13.0 Å². The number of hydrogen-bond donors (Lipinski definition) is 0. The Morgan fingerprint density at radius 2 is 1.94 bits per heavy atom. The Bertz CT molecular complexity index is 324. The first-order valence-electron chi connectivity index (χ1n) is 7.08. The quantitative estimate of drug-likeness (QED) is 0.543. The summed E-state index contributed by atoms with van der Waals surface area (Å²) < 4.78 is 6.14. The van der Waals surface area contributed by atoms with Gasteiger partial charge >= 0.3 is 0 Å². The highest BCUT2D eigenvalue weighted by Gasteiger charge is 2.36. The van der Waals surface area contributed by atoms with Crippen LogP contribution in [0.15, 0.2) is 11.6 Å². The van der Waals surface area contributed by atoms with Gasteiger partial charge in [0.1, 0.15) is 0 Å². The highest BCUT2D eigenvalue weighted by molar-refractivity contribution is 6.74. The fraction of sp³-hybridized carbons (Fsp3) is 0.800. The van der Waals surface area contributed by atoms with Crippen molar-refractivity contribution in [2.45, 2.75) is 71.0 Å². The number of carbonyl (C=O) groups is 1. The van der Waals surface area contributed by atoms with Gasteiger partial charge in [0.25, 0.3) is 0 Å². The molecule has 0 radical (unpaired) electrons. The molecule has 0 aromatic carbocycles. The minimum absolute atomic E-state index is 0.285. The van der Waals surface area contributed by atoms with E-state index in [1.54, 1.807) is 0 Å². The highest BCUT2D eigenvalue weighted by atomic mass is 28.4. The van der Waals surface area contributed by atoms with E-state index < -0.39 is 8.32 Å². The first-order valence-corrected chi connectivity index (χ1v) is 9.99. The standard InChI is InChI=1S/C15H28O2Si/c1-15(2,3)18(4,5)17-11-7-9-13-8-6-10-14(16)12-13/h12H,6-11H2,1-5H3. The Hall–Kier alpha value is -0.413. The first-order chi connectivity index (χ1) is 8.22. The minimum atomic E-state index is -1.59. The van der Waals surface area contributed by atoms with Gasteiger partial charge in [-0.1, -0.05) is 26.3 Å². The van der Waals surface area contributed by atoms with Crippen molar-refractivity contribution in [1.29, 1.82) is 0 Å². The zero-order valence-electron chi connectivity index (χ0n) is 12.6. The van der Waals surface area contributed by atoms with Crippen molar-refractivity contribution in [3.63, 3.8) is 0 Å². The van der Waals surface area contributed by atoms with E-state index in [1.165, 1.54) is 5.57 Å². The van der Waals surface area contributed by atoms with Gasteiger partial charge in [0.2, 0.25) is 0 Å². The highest BCUT2D eigenvalue weighted by Crippen LogP contribution is 2.36. The van der Waals surface area contributed by atoms with E-state index in [0.29, 0.717) is 5.78 Å². The average molecular weight is 268 g/mol. The molecule has 18 heavy (non-hydrogen) atoms. The van der Waals surface area contributed by atoms with Crippen LogP contribution in [-0.4, -0.2) is 20.7 Å². The molecule has 0 spiro atoms. The van der Waals surface area contributed by atoms with E-state index in [4.69, 9.17) is 4.43 Å². The summed E-state index contributed by atoms with van der Waals surface area (Å²) in [4.78, 5) is 11.3. The summed E-state index contributed by atoms with van der Waals surface area (Å²) >= 11 is 0. The molecule has 0 aromatic heterocycles. The van der Waals surface area contributed by atoms with Gasteiger partial charge in [-0.25, -0.2) is 0 Å². The van der Waals surface area contributed by atoms with Gasteiger partial charge in [-0.2, -0.15) is 0 Å². The smallest absolute Gasteiger partial charge is 0.191 e. The van der Waals surface area contributed by atoms with Crippen LogP contribution >= 0.6 is 0 Å². The Balaban J connectivity index is 2.29. The van der Waals surface area contributed by atoms with Gasteiger partial charge in [0.05, 0.1) is 0 Å². The molecule has 0 amide bonds. The van der Waals surface area contributed by atoms with E-state index in [-0.39, 0.29) is 5.04 Å². The second kappa shape index (κ2) is 6.16. The predicted octanol–water partition coefficient (Wildman–Crippen LogP) is 4.47. The molecule has 0 fully saturated rings. The van der Waals surface area contributed by atoms with E-state index >= 15 is 0 Å². The molecule has 0 bridgehead atoms. The predicted molar refractivity (Wildman–Crippen MR) is 79.3 cm³/mol. The van der Waals surface area contributed by atoms with E-state index in [9.17, 15) is 4.79 Å². The molecule has 1 rings (SSSR count). The molecule has 3 heteroatoms. The van der Waals surface area contributed by atoms with Crippen LogP contribution in [0.2, 0.25) is 18.1 Å². The third kappa shape index (κ3) is 4.69. The molecule has 0 N–H and O–H groups in total. The zero-order chi connectivity index (χ0) is 13.8.